The van der Waals surface area contributed by atoms with Gasteiger partial charge in [-0.15, -0.1) is 0 Å². The van der Waals surface area contributed by atoms with Crippen LogP contribution in [0.5, 0.6) is 0 Å². The minimum Gasteiger partial charge on any atom is -0.277 e. The molecule has 3 nitrogen and oxygen atoms in total. The molecule has 0 amide bonds. The summed E-state index contributed by atoms with van der Waals surface area (Å²) in [6, 6.07) is 16.3. The van der Waals surface area contributed by atoms with Gasteiger partial charge in [-0.3, -0.25) is 10.1 Å². The van der Waals surface area contributed by atoms with Crippen LogP contribution < -0.4 is 0 Å². The molecule has 0 aliphatic heterocycles. The van der Waals surface area contributed by atoms with Gasteiger partial charge in [-0.05, 0) is 42.0 Å². The molecule has 4 aromatic rings. The minimum absolute atomic E-state index is 0.251. The van der Waals surface area contributed by atoms with Crippen molar-refractivity contribution in [2.24, 2.45) is 0 Å². The highest BCUT2D eigenvalue weighted by molar-refractivity contribution is 5.97. The molecule has 2 aromatic heterocycles. The van der Waals surface area contributed by atoms with Gasteiger partial charge in [0.2, 0.25) is 0 Å². The zero-order valence-electron chi connectivity index (χ0n) is 11.6. The van der Waals surface area contributed by atoms with Crippen LogP contribution in [0.2, 0.25) is 0 Å². The average Bonchev–Trinajstić information content (AvgIpc) is 3.04. The molecule has 0 aliphatic rings. The highest BCUT2D eigenvalue weighted by atomic mass is 19.1. The predicted molar refractivity (Wildman–Crippen MR) is 84.7 cm³/mol. The fourth-order valence-electron chi connectivity index (χ4n) is 2.66. The van der Waals surface area contributed by atoms with E-state index in [1.54, 1.807) is 24.5 Å². The maximum atomic E-state index is 13.1. The van der Waals surface area contributed by atoms with Crippen molar-refractivity contribution in [1.29, 1.82) is 0 Å². The van der Waals surface area contributed by atoms with Crippen LogP contribution in [-0.4, -0.2) is 15.2 Å². The van der Waals surface area contributed by atoms with Gasteiger partial charge >= 0.3 is 0 Å². The summed E-state index contributed by atoms with van der Waals surface area (Å²) >= 11 is 0. The second-order valence-corrected chi connectivity index (χ2v) is 5.04. The fraction of sp³-hybridized carbons (Fsp3) is 0. The number of rotatable bonds is 2. The maximum absolute atomic E-state index is 13.1. The van der Waals surface area contributed by atoms with Crippen LogP contribution in [0, 0.1) is 5.82 Å². The molecule has 2 heterocycles. The van der Waals surface area contributed by atoms with Gasteiger partial charge in [-0.2, -0.15) is 5.10 Å². The number of aromatic amines is 1. The zero-order valence-corrected chi connectivity index (χ0v) is 11.6. The third kappa shape index (κ3) is 2.05. The van der Waals surface area contributed by atoms with E-state index in [4.69, 9.17) is 0 Å². The van der Waals surface area contributed by atoms with Crippen LogP contribution >= 0.6 is 0 Å². The van der Waals surface area contributed by atoms with E-state index in [1.165, 1.54) is 12.1 Å². The van der Waals surface area contributed by atoms with E-state index in [1.807, 2.05) is 30.3 Å². The van der Waals surface area contributed by atoms with Crippen molar-refractivity contribution >= 4 is 10.9 Å². The highest BCUT2D eigenvalue weighted by Crippen LogP contribution is 2.33. The second-order valence-electron chi connectivity index (χ2n) is 5.04. The lowest BCUT2D eigenvalue weighted by molar-refractivity contribution is 0.628. The first-order chi connectivity index (χ1) is 10.8. The molecule has 4 rings (SSSR count). The van der Waals surface area contributed by atoms with E-state index in [0.29, 0.717) is 0 Å². The van der Waals surface area contributed by atoms with E-state index in [0.717, 1.165) is 33.3 Å². The summed E-state index contributed by atoms with van der Waals surface area (Å²) in [6.07, 6.45) is 3.58. The predicted octanol–water partition coefficient (Wildman–Crippen LogP) is 4.43. The number of benzene rings is 2. The van der Waals surface area contributed by atoms with Gasteiger partial charge in [-0.1, -0.05) is 18.2 Å². The van der Waals surface area contributed by atoms with E-state index in [-0.39, 0.29) is 5.82 Å². The summed E-state index contributed by atoms with van der Waals surface area (Å²) in [6.45, 7) is 0. The lowest BCUT2D eigenvalue weighted by Gasteiger charge is -2.07. The first-order valence-electron chi connectivity index (χ1n) is 6.96. The first kappa shape index (κ1) is 12.7. The molecule has 0 radical (unpaired) electrons. The molecule has 0 unspecified atom stereocenters. The van der Waals surface area contributed by atoms with Gasteiger partial charge in [0, 0.05) is 22.7 Å². The van der Waals surface area contributed by atoms with E-state index < -0.39 is 0 Å². The van der Waals surface area contributed by atoms with Crippen LogP contribution in [0.4, 0.5) is 4.39 Å². The summed E-state index contributed by atoms with van der Waals surface area (Å²) in [5.74, 6) is -0.251. The Bertz CT molecular complexity index is 937. The second kappa shape index (κ2) is 5.07. The number of halogens is 1. The molecule has 0 saturated heterocycles. The topological polar surface area (TPSA) is 41.6 Å². The Hall–Kier alpha value is -3.01. The molecule has 1 N–H and O–H groups in total. The number of aromatic nitrogens is 3. The number of H-pyrrole nitrogens is 1. The van der Waals surface area contributed by atoms with Crippen LogP contribution in [0.15, 0.2) is 67.0 Å². The van der Waals surface area contributed by atoms with Crippen molar-refractivity contribution in [3.05, 3.63) is 72.8 Å². The Morgan fingerprint density at radius 2 is 1.68 bits per heavy atom. The monoisotopic (exact) mass is 289 g/mol. The summed E-state index contributed by atoms with van der Waals surface area (Å²) in [5.41, 5.74) is 4.74. The molecule has 0 atom stereocenters. The molecule has 0 spiro atoms. The lowest BCUT2D eigenvalue weighted by atomic mass is 9.99. The minimum atomic E-state index is -0.251. The third-order valence-electron chi connectivity index (χ3n) is 3.71. The Balaban J connectivity index is 1.94. The number of hydrogen-bond acceptors (Lipinski definition) is 2. The largest absolute Gasteiger partial charge is 0.277 e. The average molecular weight is 289 g/mol. The number of hydrogen-bond donors (Lipinski definition) is 1. The van der Waals surface area contributed by atoms with Crippen LogP contribution in [0.25, 0.3) is 33.3 Å². The van der Waals surface area contributed by atoms with Gasteiger partial charge < -0.3 is 0 Å². The normalized spacial score (nSPS) is 11.0. The van der Waals surface area contributed by atoms with Gasteiger partial charge in [0.1, 0.15) is 5.82 Å². The van der Waals surface area contributed by atoms with E-state index >= 15 is 0 Å². The molecule has 0 aliphatic carbocycles. The number of nitrogens with zero attached hydrogens (tertiary/aromatic N) is 2. The summed E-state index contributed by atoms with van der Waals surface area (Å²) in [7, 11) is 0. The Labute approximate surface area is 126 Å². The van der Waals surface area contributed by atoms with Gasteiger partial charge in [0.05, 0.1) is 17.4 Å². The number of fused-ring (bicyclic) bond motifs is 1. The SMILES string of the molecule is Fc1ccc(-c2[nH]ncc2-c2ccnc3ccccc23)cc1. The van der Waals surface area contributed by atoms with Crippen molar-refractivity contribution < 1.29 is 4.39 Å². The molecule has 0 fully saturated rings. The van der Waals surface area contributed by atoms with Crippen molar-refractivity contribution in [3.63, 3.8) is 0 Å². The fourth-order valence-corrected chi connectivity index (χ4v) is 2.66. The number of nitrogens with one attached hydrogen (secondary N) is 1. The van der Waals surface area contributed by atoms with Gasteiger partial charge in [0.25, 0.3) is 0 Å². The molecule has 4 heteroatoms. The molecule has 2 aromatic carbocycles. The van der Waals surface area contributed by atoms with Crippen LogP contribution in [0.1, 0.15) is 0 Å². The summed E-state index contributed by atoms with van der Waals surface area (Å²) in [5, 5.41) is 8.24. The molecule has 22 heavy (non-hydrogen) atoms. The molecule has 0 bridgehead atoms. The number of pyridine rings is 1. The van der Waals surface area contributed by atoms with Crippen molar-refractivity contribution in [1.82, 2.24) is 15.2 Å². The van der Waals surface area contributed by atoms with Crippen LogP contribution in [0.3, 0.4) is 0 Å². The smallest absolute Gasteiger partial charge is 0.123 e. The standard InChI is InChI=1S/C18H12FN3/c19-13-7-5-12(6-8-13)18-16(11-21-22-18)14-9-10-20-17-4-2-1-3-15(14)17/h1-11H,(H,21,22). The molecule has 0 saturated carbocycles. The molecular formula is C18H12FN3. The quantitative estimate of drug-likeness (QED) is 0.593. The number of para-hydroxylation sites is 1. The summed E-state index contributed by atoms with van der Waals surface area (Å²) in [4.78, 5) is 4.39. The Kier molecular flexibility index (Phi) is 2.93. The highest BCUT2D eigenvalue weighted by Gasteiger charge is 2.12. The van der Waals surface area contributed by atoms with Crippen LogP contribution in [-0.2, 0) is 0 Å². The van der Waals surface area contributed by atoms with Crippen molar-refractivity contribution in [3.8, 4) is 22.4 Å². The maximum Gasteiger partial charge on any atom is 0.123 e. The van der Waals surface area contributed by atoms with Gasteiger partial charge in [-0.25, -0.2) is 4.39 Å². The first-order valence-corrected chi connectivity index (χ1v) is 6.96. The Morgan fingerprint density at radius 1 is 0.864 bits per heavy atom. The molecular weight excluding hydrogens is 277 g/mol. The van der Waals surface area contributed by atoms with Gasteiger partial charge in [0.15, 0.2) is 0 Å². The van der Waals surface area contributed by atoms with E-state index in [2.05, 4.69) is 15.2 Å². The van der Waals surface area contributed by atoms with Crippen molar-refractivity contribution in [2.75, 3.05) is 0 Å². The lowest BCUT2D eigenvalue weighted by Crippen LogP contribution is -1.86. The zero-order chi connectivity index (χ0) is 14.9. The van der Waals surface area contributed by atoms with E-state index in [9.17, 15) is 4.39 Å². The third-order valence-corrected chi connectivity index (χ3v) is 3.71. The van der Waals surface area contributed by atoms with Crippen molar-refractivity contribution in [2.45, 2.75) is 0 Å². The summed E-state index contributed by atoms with van der Waals surface area (Å²) < 4.78 is 13.1. The molecule has 106 valence electrons. The Morgan fingerprint density at radius 3 is 2.55 bits per heavy atom.